The van der Waals surface area contributed by atoms with Gasteiger partial charge in [-0.15, -0.1) is 0 Å². The fourth-order valence-corrected chi connectivity index (χ4v) is 3.61. The summed E-state index contributed by atoms with van der Waals surface area (Å²) in [6, 6.07) is 9.14. The van der Waals surface area contributed by atoms with Gasteiger partial charge in [0.05, 0.1) is 12.2 Å². The molecule has 1 aliphatic rings. The van der Waals surface area contributed by atoms with Crippen LogP contribution in [-0.2, 0) is 9.53 Å². The van der Waals surface area contributed by atoms with Gasteiger partial charge in [0, 0.05) is 24.3 Å². The Kier molecular flexibility index (Phi) is 5.97. The van der Waals surface area contributed by atoms with Crippen molar-refractivity contribution in [1.82, 2.24) is 9.88 Å². The minimum Gasteiger partial charge on any atom is -0.462 e. The SMILES string of the molecule is CCOC(=O)c1c(C)[nH]c(C(=O)C(=O)N2CCC(C)CC2)c1-c1ccccc1. The summed E-state index contributed by atoms with van der Waals surface area (Å²) < 4.78 is 5.19. The van der Waals surface area contributed by atoms with Crippen molar-refractivity contribution >= 4 is 17.7 Å². The summed E-state index contributed by atoms with van der Waals surface area (Å²) in [5, 5.41) is 0. The molecule has 28 heavy (non-hydrogen) atoms. The van der Waals surface area contributed by atoms with Crippen LogP contribution in [0, 0.1) is 12.8 Å². The minimum atomic E-state index is -0.618. The highest BCUT2D eigenvalue weighted by Crippen LogP contribution is 2.32. The van der Waals surface area contributed by atoms with Gasteiger partial charge in [-0.25, -0.2) is 4.79 Å². The molecule has 1 aromatic heterocycles. The molecule has 2 aromatic rings. The number of rotatable bonds is 5. The lowest BCUT2D eigenvalue weighted by atomic mass is 9.96. The number of ether oxygens (including phenoxy) is 1. The number of aromatic nitrogens is 1. The number of amides is 1. The largest absolute Gasteiger partial charge is 0.462 e. The van der Waals surface area contributed by atoms with Crippen molar-refractivity contribution in [3.63, 3.8) is 0 Å². The van der Waals surface area contributed by atoms with E-state index in [2.05, 4.69) is 11.9 Å². The number of hydrogen-bond acceptors (Lipinski definition) is 4. The Hall–Kier alpha value is -2.89. The number of benzene rings is 1. The fourth-order valence-electron chi connectivity index (χ4n) is 3.61. The highest BCUT2D eigenvalue weighted by molar-refractivity contribution is 6.43. The van der Waals surface area contributed by atoms with Crippen molar-refractivity contribution in [3.05, 3.63) is 47.3 Å². The van der Waals surface area contributed by atoms with Crippen molar-refractivity contribution in [2.24, 2.45) is 5.92 Å². The number of Topliss-reactive ketones (excluding diaryl/α,β-unsaturated/α-hetero) is 1. The molecule has 0 spiro atoms. The summed E-state index contributed by atoms with van der Waals surface area (Å²) >= 11 is 0. The second-order valence-corrected chi connectivity index (χ2v) is 7.27. The first-order valence-corrected chi connectivity index (χ1v) is 9.72. The molecule has 0 radical (unpaired) electrons. The van der Waals surface area contributed by atoms with E-state index in [1.54, 1.807) is 18.7 Å². The average Bonchev–Trinajstić information content (AvgIpc) is 3.05. The van der Waals surface area contributed by atoms with Crippen LogP contribution in [0.15, 0.2) is 30.3 Å². The summed E-state index contributed by atoms with van der Waals surface area (Å²) in [7, 11) is 0. The lowest BCUT2D eigenvalue weighted by Crippen LogP contribution is -2.42. The van der Waals surface area contributed by atoms with Gasteiger partial charge in [0.2, 0.25) is 0 Å². The Labute approximate surface area is 164 Å². The number of aryl methyl sites for hydroxylation is 1. The molecule has 1 aliphatic heterocycles. The number of likely N-dealkylation sites (tertiary alicyclic amines) is 1. The number of piperidine rings is 1. The van der Waals surface area contributed by atoms with Crippen LogP contribution in [0.5, 0.6) is 0 Å². The Bertz CT molecular complexity index is 877. The fraction of sp³-hybridized carbons (Fsp3) is 0.409. The zero-order chi connectivity index (χ0) is 20.3. The first-order valence-electron chi connectivity index (χ1n) is 9.72. The number of aromatic amines is 1. The molecule has 0 atom stereocenters. The van der Waals surface area contributed by atoms with Crippen LogP contribution in [0.4, 0.5) is 0 Å². The molecule has 0 aliphatic carbocycles. The van der Waals surface area contributed by atoms with E-state index >= 15 is 0 Å². The summed E-state index contributed by atoms with van der Waals surface area (Å²) in [6.45, 7) is 6.98. The smallest absolute Gasteiger partial charge is 0.340 e. The van der Waals surface area contributed by atoms with Crippen LogP contribution in [0.3, 0.4) is 0 Å². The first-order chi connectivity index (χ1) is 13.4. The van der Waals surface area contributed by atoms with E-state index in [-0.39, 0.29) is 12.3 Å². The van der Waals surface area contributed by atoms with Crippen LogP contribution < -0.4 is 0 Å². The summed E-state index contributed by atoms with van der Waals surface area (Å²) in [5.41, 5.74) is 2.09. The summed E-state index contributed by atoms with van der Waals surface area (Å²) in [5.74, 6) is -1.09. The molecule has 1 N–H and O–H groups in total. The van der Waals surface area contributed by atoms with Gasteiger partial charge in [-0.05, 0) is 38.2 Å². The van der Waals surface area contributed by atoms with Crippen LogP contribution in [0.2, 0.25) is 0 Å². The molecule has 3 rings (SSSR count). The highest BCUT2D eigenvalue weighted by Gasteiger charge is 2.32. The molecule has 0 unspecified atom stereocenters. The minimum absolute atomic E-state index is 0.148. The molecular formula is C22H26N2O4. The third-order valence-corrected chi connectivity index (χ3v) is 5.22. The quantitative estimate of drug-likeness (QED) is 0.487. The van der Waals surface area contributed by atoms with Crippen molar-refractivity contribution in [3.8, 4) is 11.1 Å². The normalized spacial score (nSPS) is 14.8. The zero-order valence-corrected chi connectivity index (χ0v) is 16.6. The van der Waals surface area contributed by atoms with Gasteiger partial charge >= 0.3 is 5.97 Å². The van der Waals surface area contributed by atoms with Crippen LogP contribution in [-0.4, -0.2) is 47.2 Å². The number of hydrogen-bond donors (Lipinski definition) is 1. The molecular weight excluding hydrogens is 356 g/mol. The number of nitrogens with one attached hydrogen (secondary N) is 1. The van der Waals surface area contributed by atoms with E-state index < -0.39 is 17.7 Å². The number of carbonyl (C=O) groups is 3. The summed E-state index contributed by atoms with van der Waals surface area (Å²) in [6.07, 6.45) is 1.78. The topological polar surface area (TPSA) is 79.5 Å². The predicted octanol–water partition coefficient (Wildman–Crippen LogP) is 3.61. The number of esters is 1. The van der Waals surface area contributed by atoms with E-state index in [1.165, 1.54) is 0 Å². The van der Waals surface area contributed by atoms with E-state index in [1.807, 2.05) is 30.3 Å². The third kappa shape index (κ3) is 3.86. The number of H-pyrrole nitrogens is 1. The molecule has 2 heterocycles. The maximum atomic E-state index is 13.1. The molecule has 0 saturated carbocycles. The molecule has 1 amide bonds. The second kappa shape index (κ2) is 8.42. The van der Waals surface area contributed by atoms with E-state index in [0.29, 0.717) is 41.4 Å². The molecule has 6 nitrogen and oxygen atoms in total. The molecule has 1 aromatic carbocycles. The number of carbonyl (C=O) groups excluding carboxylic acids is 3. The molecule has 1 fully saturated rings. The maximum absolute atomic E-state index is 13.1. The van der Waals surface area contributed by atoms with Gasteiger partial charge in [0.25, 0.3) is 11.7 Å². The number of ketones is 1. The van der Waals surface area contributed by atoms with Gasteiger partial charge < -0.3 is 14.6 Å². The Balaban J connectivity index is 2.03. The highest BCUT2D eigenvalue weighted by atomic mass is 16.5. The van der Waals surface area contributed by atoms with Gasteiger partial charge in [-0.3, -0.25) is 9.59 Å². The van der Waals surface area contributed by atoms with Crippen LogP contribution >= 0.6 is 0 Å². The lowest BCUT2D eigenvalue weighted by Gasteiger charge is -2.29. The Morgan fingerprint density at radius 1 is 1.14 bits per heavy atom. The van der Waals surface area contributed by atoms with Gasteiger partial charge in [0.1, 0.15) is 5.69 Å². The van der Waals surface area contributed by atoms with E-state index in [9.17, 15) is 14.4 Å². The lowest BCUT2D eigenvalue weighted by molar-refractivity contribution is -0.127. The van der Waals surface area contributed by atoms with Crippen LogP contribution in [0.25, 0.3) is 11.1 Å². The van der Waals surface area contributed by atoms with Crippen molar-refractivity contribution in [1.29, 1.82) is 0 Å². The van der Waals surface area contributed by atoms with Crippen molar-refractivity contribution in [2.75, 3.05) is 19.7 Å². The molecule has 0 bridgehead atoms. The second-order valence-electron chi connectivity index (χ2n) is 7.27. The zero-order valence-electron chi connectivity index (χ0n) is 16.6. The summed E-state index contributed by atoms with van der Waals surface area (Å²) in [4.78, 5) is 43.1. The van der Waals surface area contributed by atoms with Gasteiger partial charge in [-0.2, -0.15) is 0 Å². The predicted molar refractivity (Wildman–Crippen MR) is 106 cm³/mol. The monoisotopic (exact) mass is 382 g/mol. The first kappa shape index (κ1) is 19.9. The molecule has 6 heteroatoms. The van der Waals surface area contributed by atoms with Crippen molar-refractivity contribution in [2.45, 2.75) is 33.6 Å². The molecule has 1 saturated heterocycles. The van der Waals surface area contributed by atoms with E-state index in [4.69, 9.17) is 4.74 Å². The standard InChI is InChI=1S/C22H26N2O4/c1-4-28-22(27)17-15(3)23-19(18(17)16-8-6-5-7-9-16)20(25)21(26)24-12-10-14(2)11-13-24/h5-9,14,23H,4,10-13H2,1-3H3. The van der Waals surface area contributed by atoms with Crippen molar-refractivity contribution < 1.29 is 19.1 Å². The third-order valence-electron chi connectivity index (χ3n) is 5.22. The van der Waals surface area contributed by atoms with Gasteiger partial charge in [-0.1, -0.05) is 37.3 Å². The Morgan fingerprint density at radius 3 is 2.39 bits per heavy atom. The molecule has 148 valence electrons. The number of nitrogens with zero attached hydrogens (tertiary/aromatic N) is 1. The average molecular weight is 382 g/mol. The van der Waals surface area contributed by atoms with E-state index in [0.717, 1.165) is 12.8 Å². The maximum Gasteiger partial charge on any atom is 0.340 e. The van der Waals surface area contributed by atoms with Gasteiger partial charge in [0.15, 0.2) is 0 Å². The van der Waals surface area contributed by atoms with Crippen LogP contribution in [0.1, 0.15) is 53.2 Å². The Morgan fingerprint density at radius 2 is 1.79 bits per heavy atom.